The lowest BCUT2D eigenvalue weighted by Gasteiger charge is -2.25. The fraction of sp³-hybridized carbons (Fsp3) is 0.600. The highest BCUT2D eigenvalue weighted by atomic mass is 32.2. The van der Waals surface area contributed by atoms with E-state index in [0.29, 0.717) is 6.04 Å². The third-order valence-corrected chi connectivity index (χ3v) is 5.42. The Morgan fingerprint density at radius 1 is 1.00 bits per heavy atom. The van der Waals surface area contributed by atoms with Crippen molar-refractivity contribution in [3.8, 4) is 0 Å². The maximum atomic E-state index is 5.95. The molecular formula is C15H21NS. The van der Waals surface area contributed by atoms with Gasteiger partial charge in [0.15, 0.2) is 0 Å². The van der Waals surface area contributed by atoms with E-state index in [1.807, 2.05) is 0 Å². The lowest BCUT2D eigenvalue weighted by atomic mass is 9.96. The molecule has 0 atom stereocenters. The topological polar surface area (TPSA) is 26.0 Å². The number of hydrogen-bond acceptors (Lipinski definition) is 2. The van der Waals surface area contributed by atoms with Gasteiger partial charge in [-0.15, -0.1) is 11.8 Å². The van der Waals surface area contributed by atoms with E-state index in [0.717, 1.165) is 5.25 Å². The minimum Gasteiger partial charge on any atom is -0.328 e. The zero-order chi connectivity index (χ0) is 11.7. The van der Waals surface area contributed by atoms with Crippen LogP contribution in [-0.4, -0.2) is 11.3 Å². The molecule has 0 aromatic heterocycles. The van der Waals surface area contributed by atoms with Crippen molar-refractivity contribution in [1.82, 2.24) is 0 Å². The number of nitrogens with two attached hydrogens (primary N) is 1. The van der Waals surface area contributed by atoms with Crippen LogP contribution >= 0.6 is 11.8 Å². The monoisotopic (exact) mass is 247 g/mol. The second-order valence-corrected chi connectivity index (χ2v) is 6.81. The summed E-state index contributed by atoms with van der Waals surface area (Å²) in [6.07, 6.45) is 8.94. The molecule has 0 unspecified atom stereocenters. The highest BCUT2D eigenvalue weighted by Gasteiger charge is 2.20. The lowest BCUT2D eigenvalue weighted by Crippen LogP contribution is -2.27. The first kappa shape index (κ1) is 11.6. The number of benzene rings is 1. The summed E-state index contributed by atoms with van der Waals surface area (Å²) in [5, 5.41) is 0.800. The van der Waals surface area contributed by atoms with Crippen LogP contribution in [0, 0.1) is 0 Å². The van der Waals surface area contributed by atoms with Crippen molar-refractivity contribution < 1.29 is 0 Å². The van der Waals surface area contributed by atoms with Gasteiger partial charge in [0, 0.05) is 16.2 Å². The molecule has 0 bridgehead atoms. The molecule has 0 saturated heterocycles. The van der Waals surface area contributed by atoms with Gasteiger partial charge in [0.25, 0.3) is 0 Å². The second-order valence-electron chi connectivity index (χ2n) is 5.44. The first-order valence-electron chi connectivity index (χ1n) is 6.85. The maximum absolute atomic E-state index is 5.95. The molecule has 2 aliphatic rings. The Balaban J connectivity index is 1.65. The van der Waals surface area contributed by atoms with Crippen LogP contribution < -0.4 is 5.73 Å². The zero-order valence-corrected chi connectivity index (χ0v) is 11.1. The van der Waals surface area contributed by atoms with E-state index in [-0.39, 0.29) is 0 Å². The van der Waals surface area contributed by atoms with E-state index in [9.17, 15) is 0 Å². The third kappa shape index (κ3) is 2.69. The highest BCUT2D eigenvalue weighted by molar-refractivity contribution is 8.00. The van der Waals surface area contributed by atoms with Gasteiger partial charge in [-0.2, -0.15) is 0 Å². The standard InChI is InChI=1S/C15H21NS/c16-13-5-8-14(9-6-13)17-15-7-4-11-2-1-3-12(11)10-15/h4,7,10,13-14H,1-3,5-6,8-9,16H2. The molecule has 1 aromatic carbocycles. The average Bonchev–Trinajstić information content (AvgIpc) is 2.79. The van der Waals surface area contributed by atoms with Gasteiger partial charge in [-0.05, 0) is 68.2 Å². The van der Waals surface area contributed by atoms with Crippen LogP contribution in [0.25, 0.3) is 0 Å². The molecule has 17 heavy (non-hydrogen) atoms. The third-order valence-electron chi connectivity index (χ3n) is 4.09. The molecule has 1 fully saturated rings. The fourth-order valence-electron chi connectivity index (χ4n) is 3.02. The summed E-state index contributed by atoms with van der Waals surface area (Å²) in [6.45, 7) is 0. The Kier molecular flexibility index (Phi) is 3.44. The van der Waals surface area contributed by atoms with Crippen molar-refractivity contribution in [3.05, 3.63) is 29.3 Å². The number of aryl methyl sites for hydroxylation is 2. The SMILES string of the molecule is NC1CCC(Sc2ccc3c(c2)CCC3)CC1. The minimum absolute atomic E-state index is 0.465. The number of thioether (sulfide) groups is 1. The smallest absolute Gasteiger partial charge is 0.00955 e. The quantitative estimate of drug-likeness (QED) is 0.865. The van der Waals surface area contributed by atoms with Crippen LogP contribution in [0.3, 0.4) is 0 Å². The van der Waals surface area contributed by atoms with Gasteiger partial charge < -0.3 is 5.73 Å². The van der Waals surface area contributed by atoms with Gasteiger partial charge >= 0.3 is 0 Å². The largest absolute Gasteiger partial charge is 0.328 e. The van der Waals surface area contributed by atoms with Gasteiger partial charge in [-0.25, -0.2) is 0 Å². The van der Waals surface area contributed by atoms with Gasteiger partial charge in [-0.1, -0.05) is 6.07 Å². The summed E-state index contributed by atoms with van der Waals surface area (Å²) in [5.74, 6) is 0. The molecule has 0 radical (unpaired) electrons. The second kappa shape index (κ2) is 5.03. The van der Waals surface area contributed by atoms with E-state index >= 15 is 0 Å². The van der Waals surface area contributed by atoms with Crippen molar-refractivity contribution in [1.29, 1.82) is 0 Å². The van der Waals surface area contributed by atoms with Gasteiger partial charge in [0.05, 0.1) is 0 Å². The predicted octanol–water partition coefficient (Wildman–Crippen LogP) is 3.54. The van der Waals surface area contributed by atoms with Gasteiger partial charge in [0.2, 0.25) is 0 Å². The number of hydrogen-bond donors (Lipinski definition) is 1. The Morgan fingerprint density at radius 2 is 1.76 bits per heavy atom. The summed E-state index contributed by atoms with van der Waals surface area (Å²) in [6, 6.07) is 7.57. The number of fused-ring (bicyclic) bond motifs is 1. The van der Waals surface area contributed by atoms with Crippen molar-refractivity contribution in [2.24, 2.45) is 5.73 Å². The van der Waals surface area contributed by atoms with Crippen molar-refractivity contribution >= 4 is 11.8 Å². The zero-order valence-electron chi connectivity index (χ0n) is 10.3. The Morgan fingerprint density at radius 3 is 2.59 bits per heavy atom. The average molecular weight is 247 g/mol. The van der Waals surface area contributed by atoms with E-state index in [2.05, 4.69) is 30.0 Å². The summed E-state index contributed by atoms with van der Waals surface area (Å²) in [4.78, 5) is 1.48. The molecule has 92 valence electrons. The lowest BCUT2D eigenvalue weighted by molar-refractivity contribution is 0.451. The Hall–Kier alpha value is -0.470. The molecule has 2 N–H and O–H groups in total. The van der Waals surface area contributed by atoms with Crippen LogP contribution in [0.15, 0.2) is 23.1 Å². The van der Waals surface area contributed by atoms with Crippen LogP contribution in [0.5, 0.6) is 0 Å². The van der Waals surface area contributed by atoms with E-state index in [1.165, 1.54) is 49.8 Å². The molecular weight excluding hydrogens is 226 g/mol. The first-order valence-corrected chi connectivity index (χ1v) is 7.73. The van der Waals surface area contributed by atoms with Crippen molar-refractivity contribution in [3.63, 3.8) is 0 Å². The van der Waals surface area contributed by atoms with Crippen LogP contribution in [0.2, 0.25) is 0 Å². The summed E-state index contributed by atoms with van der Waals surface area (Å²) in [7, 11) is 0. The van der Waals surface area contributed by atoms with Gasteiger partial charge in [-0.3, -0.25) is 0 Å². The predicted molar refractivity (Wildman–Crippen MR) is 74.6 cm³/mol. The molecule has 1 aromatic rings. The summed E-state index contributed by atoms with van der Waals surface area (Å²) in [5.41, 5.74) is 9.14. The van der Waals surface area contributed by atoms with E-state index < -0.39 is 0 Å². The Bertz CT molecular complexity index is 394. The summed E-state index contributed by atoms with van der Waals surface area (Å²) >= 11 is 2.08. The van der Waals surface area contributed by atoms with Crippen LogP contribution in [0.4, 0.5) is 0 Å². The molecule has 1 saturated carbocycles. The first-order chi connectivity index (χ1) is 8.31. The van der Waals surface area contributed by atoms with Crippen LogP contribution in [0.1, 0.15) is 43.2 Å². The molecule has 0 aliphatic heterocycles. The highest BCUT2D eigenvalue weighted by Crippen LogP contribution is 2.35. The molecule has 1 nitrogen and oxygen atoms in total. The van der Waals surface area contributed by atoms with E-state index in [1.54, 1.807) is 11.1 Å². The van der Waals surface area contributed by atoms with Crippen molar-refractivity contribution in [2.75, 3.05) is 0 Å². The maximum Gasteiger partial charge on any atom is 0.00955 e. The normalized spacial score (nSPS) is 28.1. The molecule has 3 rings (SSSR count). The molecule has 0 spiro atoms. The van der Waals surface area contributed by atoms with Gasteiger partial charge in [0.1, 0.15) is 0 Å². The minimum atomic E-state index is 0.465. The molecule has 2 heteroatoms. The molecule has 0 heterocycles. The molecule has 0 amide bonds. The number of rotatable bonds is 2. The summed E-state index contributed by atoms with van der Waals surface area (Å²) < 4.78 is 0. The fourth-order valence-corrected chi connectivity index (χ4v) is 4.27. The molecule has 2 aliphatic carbocycles. The van der Waals surface area contributed by atoms with Crippen LogP contribution in [-0.2, 0) is 12.8 Å². The Labute approximate surface area is 108 Å². The van der Waals surface area contributed by atoms with E-state index in [4.69, 9.17) is 5.73 Å². The van der Waals surface area contributed by atoms with Crippen molar-refractivity contribution in [2.45, 2.75) is 61.1 Å².